The number of halogens is 1. The van der Waals surface area contributed by atoms with Gasteiger partial charge in [0, 0.05) is 11.8 Å². The van der Waals surface area contributed by atoms with Gasteiger partial charge >= 0.3 is 0 Å². The third-order valence-electron chi connectivity index (χ3n) is 3.27. The van der Waals surface area contributed by atoms with Crippen LogP contribution in [0.3, 0.4) is 0 Å². The lowest BCUT2D eigenvalue weighted by Gasteiger charge is -2.10. The van der Waals surface area contributed by atoms with Gasteiger partial charge in [-0.1, -0.05) is 6.07 Å². The van der Waals surface area contributed by atoms with Gasteiger partial charge in [0.15, 0.2) is 5.76 Å². The molecule has 0 saturated carbocycles. The number of rotatable bonds is 7. The van der Waals surface area contributed by atoms with Gasteiger partial charge < -0.3 is 19.2 Å². The molecule has 3 aromatic rings. The second-order valence-electron chi connectivity index (χ2n) is 5.11. The third kappa shape index (κ3) is 4.84. The predicted octanol–water partition coefficient (Wildman–Crippen LogP) is 4.13. The molecule has 0 spiro atoms. The highest BCUT2D eigenvalue weighted by Crippen LogP contribution is 2.18. The van der Waals surface area contributed by atoms with E-state index in [4.69, 9.17) is 13.9 Å². The van der Waals surface area contributed by atoms with Gasteiger partial charge in [-0.25, -0.2) is 4.39 Å². The highest BCUT2D eigenvalue weighted by atomic mass is 19.1. The maximum Gasteiger partial charge on any atom is 0.291 e. The van der Waals surface area contributed by atoms with Gasteiger partial charge in [-0.15, -0.1) is 0 Å². The van der Waals surface area contributed by atoms with E-state index >= 15 is 0 Å². The van der Waals surface area contributed by atoms with Crippen LogP contribution in [-0.2, 0) is 0 Å². The van der Waals surface area contributed by atoms with Crippen LogP contribution in [0.25, 0.3) is 0 Å². The lowest BCUT2D eigenvalue weighted by molar-refractivity contribution is 0.0996. The first-order valence-electron chi connectivity index (χ1n) is 7.67. The Morgan fingerprint density at radius 3 is 2.44 bits per heavy atom. The van der Waals surface area contributed by atoms with E-state index in [9.17, 15) is 9.18 Å². The van der Waals surface area contributed by atoms with Gasteiger partial charge in [0.1, 0.15) is 30.5 Å². The monoisotopic (exact) mass is 341 g/mol. The third-order valence-corrected chi connectivity index (χ3v) is 3.27. The highest BCUT2D eigenvalue weighted by molar-refractivity contribution is 6.02. The Labute approximate surface area is 144 Å². The topological polar surface area (TPSA) is 60.7 Å². The number of furan rings is 1. The normalized spacial score (nSPS) is 10.3. The van der Waals surface area contributed by atoms with Crippen LogP contribution in [0.15, 0.2) is 71.3 Å². The largest absolute Gasteiger partial charge is 0.490 e. The van der Waals surface area contributed by atoms with Crippen LogP contribution in [-0.4, -0.2) is 19.1 Å². The number of amides is 1. The average Bonchev–Trinajstić information content (AvgIpc) is 3.15. The fourth-order valence-corrected chi connectivity index (χ4v) is 2.11. The van der Waals surface area contributed by atoms with Gasteiger partial charge in [-0.05, 0) is 48.5 Å². The number of benzene rings is 2. The second kappa shape index (κ2) is 8.01. The Balaban J connectivity index is 1.48. The lowest BCUT2D eigenvalue weighted by Crippen LogP contribution is -2.11. The molecule has 25 heavy (non-hydrogen) atoms. The van der Waals surface area contributed by atoms with Crippen LogP contribution < -0.4 is 14.8 Å². The molecule has 0 aliphatic heterocycles. The molecule has 0 fully saturated rings. The summed E-state index contributed by atoms with van der Waals surface area (Å²) in [6.07, 6.45) is 1.44. The van der Waals surface area contributed by atoms with Crippen molar-refractivity contribution < 1.29 is 23.1 Å². The molecule has 1 aromatic heterocycles. The number of hydrogen-bond acceptors (Lipinski definition) is 4. The summed E-state index contributed by atoms with van der Waals surface area (Å²) in [6, 6.07) is 16.0. The van der Waals surface area contributed by atoms with Crippen molar-refractivity contribution in [3.05, 3.63) is 78.5 Å². The second-order valence-corrected chi connectivity index (χ2v) is 5.11. The zero-order chi connectivity index (χ0) is 17.5. The number of carbonyl (C=O) groups is 1. The first-order chi connectivity index (χ1) is 12.2. The Kier molecular flexibility index (Phi) is 5.31. The van der Waals surface area contributed by atoms with Gasteiger partial charge in [0.05, 0.1) is 6.26 Å². The van der Waals surface area contributed by atoms with E-state index in [2.05, 4.69) is 5.32 Å². The van der Waals surface area contributed by atoms with Crippen LogP contribution in [0.5, 0.6) is 11.5 Å². The van der Waals surface area contributed by atoms with Crippen LogP contribution in [0.1, 0.15) is 10.6 Å². The predicted molar refractivity (Wildman–Crippen MR) is 90.5 cm³/mol. The Bertz CT molecular complexity index is 816. The SMILES string of the molecule is O=C(Nc1cccc(OCCOc2ccc(F)cc2)c1)c1ccco1. The molecule has 1 N–H and O–H groups in total. The van der Waals surface area contributed by atoms with E-state index in [1.165, 1.54) is 18.4 Å². The van der Waals surface area contributed by atoms with Crippen molar-refractivity contribution >= 4 is 11.6 Å². The summed E-state index contributed by atoms with van der Waals surface area (Å²) >= 11 is 0. The van der Waals surface area contributed by atoms with Crippen LogP contribution in [0.2, 0.25) is 0 Å². The first-order valence-corrected chi connectivity index (χ1v) is 7.67. The van der Waals surface area contributed by atoms with Gasteiger partial charge in [0.2, 0.25) is 0 Å². The van der Waals surface area contributed by atoms with E-state index in [1.807, 2.05) is 0 Å². The fourth-order valence-electron chi connectivity index (χ4n) is 2.11. The summed E-state index contributed by atoms with van der Waals surface area (Å²) in [5.74, 6) is 0.766. The smallest absolute Gasteiger partial charge is 0.291 e. The first kappa shape index (κ1) is 16.6. The molecular weight excluding hydrogens is 325 g/mol. The molecule has 0 atom stereocenters. The summed E-state index contributed by atoms with van der Waals surface area (Å²) in [5.41, 5.74) is 0.596. The molecule has 128 valence electrons. The Hall–Kier alpha value is -3.28. The van der Waals surface area contributed by atoms with E-state index < -0.39 is 0 Å². The van der Waals surface area contributed by atoms with Crippen LogP contribution >= 0.6 is 0 Å². The molecule has 2 aromatic carbocycles. The molecular formula is C19H16FNO4. The van der Waals surface area contributed by atoms with Crippen molar-refractivity contribution in [2.45, 2.75) is 0 Å². The Morgan fingerprint density at radius 2 is 1.72 bits per heavy atom. The standard InChI is InChI=1S/C19H16FNO4/c20-14-6-8-16(9-7-14)23-11-12-24-17-4-1-3-15(13-17)21-19(22)18-5-2-10-25-18/h1-10,13H,11-12H2,(H,21,22). The summed E-state index contributed by atoms with van der Waals surface area (Å²) in [6.45, 7) is 0.627. The quantitative estimate of drug-likeness (QED) is 0.657. The minimum atomic E-state index is -0.332. The van der Waals surface area contributed by atoms with E-state index in [0.29, 0.717) is 30.4 Å². The molecule has 0 aliphatic rings. The Morgan fingerprint density at radius 1 is 0.960 bits per heavy atom. The summed E-state index contributed by atoms with van der Waals surface area (Å²) in [7, 11) is 0. The van der Waals surface area contributed by atoms with Crippen molar-refractivity contribution in [1.29, 1.82) is 0 Å². The van der Waals surface area contributed by atoms with E-state index in [-0.39, 0.29) is 17.5 Å². The van der Waals surface area contributed by atoms with Crippen molar-refractivity contribution in [3.63, 3.8) is 0 Å². The van der Waals surface area contributed by atoms with E-state index in [0.717, 1.165) is 0 Å². The molecule has 0 aliphatic carbocycles. The van der Waals surface area contributed by atoms with Crippen molar-refractivity contribution in [2.24, 2.45) is 0 Å². The molecule has 0 saturated heterocycles. The zero-order valence-electron chi connectivity index (χ0n) is 13.3. The van der Waals surface area contributed by atoms with Crippen LogP contribution in [0.4, 0.5) is 10.1 Å². The number of hydrogen-bond donors (Lipinski definition) is 1. The molecule has 0 unspecified atom stereocenters. The highest BCUT2D eigenvalue weighted by Gasteiger charge is 2.09. The van der Waals surface area contributed by atoms with Crippen molar-refractivity contribution in [1.82, 2.24) is 0 Å². The van der Waals surface area contributed by atoms with Gasteiger partial charge in [0.25, 0.3) is 5.91 Å². The van der Waals surface area contributed by atoms with Crippen LogP contribution in [0, 0.1) is 5.82 Å². The van der Waals surface area contributed by atoms with E-state index in [1.54, 1.807) is 48.5 Å². The number of anilines is 1. The molecule has 3 rings (SSSR count). The molecule has 0 radical (unpaired) electrons. The maximum atomic E-state index is 12.8. The molecule has 6 heteroatoms. The fraction of sp³-hybridized carbons (Fsp3) is 0.105. The molecule has 1 amide bonds. The van der Waals surface area contributed by atoms with Crippen molar-refractivity contribution in [3.8, 4) is 11.5 Å². The average molecular weight is 341 g/mol. The molecule has 1 heterocycles. The zero-order valence-corrected chi connectivity index (χ0v) is 13.3. The van der Waals surface area contributed by atoms with Crippen molar-refractivity contribution in [2.75, 3.05) is 18.5 Å². The summed E-state index contributed by atoms with van der Waals surface area (Å²) in [5, 5.41) is 2.73. The number of ether oxygens (including phenoxy) is 2. The minimum absolute atomic E-state index is 0.235. The van der Waals surface area contributed by atoms with Gasteiger partial charge in [-0.2, -0.15) is 0 Å². The molecule has 5 nitrogen and oxygen atoms in total. The van der Waals surface area contributed by atoms with Gasteiger partial charge in [-0.3, -0.25) is 4.79 Å². The lowest BCUT2D eigenvalue weighted by atomic mass is 10.3. The molecule has 0 bridgehead atoms. The maximum absolute atomic E-state index is 12.8. The summed E-state index contributed by atoms with van der Waals surface area (Å²) < 4.78 is 28.9. The summed E-state index contributed by atoms with van der Waals surface area (Å²) in [4.78, 5) is 11.9. The number of carbonyl (C=O) groups excluding carboxylic acids is 1. The number of nitrogens with one attached hydrogen (secondary N) is 1. The minimum Gasteiger partial charge on any atom is -0.490 e.